The number of H-pyrrole nitrogens is 1. The average Bonchev–Trinajstić information content (AvgIpc) is 3.67. The van der Waals surface area contributed by atoms with E-state index < -0.39 is 35.5 Å². The zero-order valence-electron chi connectivity index (χ0n) is 27.8. The lowest BCUT2D eigenvalue weighted by Gasteiger charge is -2.39. The second-order valence-corrected chi connectivity index (χ2v) is 13.6. The Morgan fingerprint density at radius 3 is 2.46 bits per heavy atom. The minimum Gasteiger partial charge on any atom is -0.445 e. The first-order chi connectivity index (χ1) is 22.9. The molecule has 3 amide bonds. The summed E-state index contributed by atoms with van der Waals surface area (Å²) in [5, 5.41) is 14.6. The number of hydrogen-bond acceptors (Lipinski definition) is 7. The highest BCUT2D eigenvalue weighted by Crippen LogP contribution is 2.39. The topological polar surface area (TPSA) is 151 Å². The molecule has 0 fully saturated rings. The standard InChI is InChI=1S/C35H42Cl2N6O5/c1-6-19(3)28(41-34(46)47-18-22-11-9-8-10-12-22)31(44)42-35(33(45)40-29(20(4)7-2)32-38-21(5)43-48-32)14-13-27-25(17-35)24-15-23(36)16-26(37)30(24)39-27/h8-12,15-16,19-20,28-29,39H,6-7,13-14,17-18H2,1-5H3,(H,40,45)(H,41,46)(H,42,44)/t19?,20?,28-,29-,35+/m0/s1. The molecule has 4 aromatic rings. The number of nitrogens with zero attached hydrogens (tertiary/aromatic N) is 2. The number of aromatic nitrogens is 3. The second kappa shape index (κ2) is 15.0. The molecule has 0 aliphatic heterocycles. The smallest absolute Gasteiger partial charge is 0.408 e. The Bertz CT molecular complexity index is 1780. The third-order valence-corrected chi connectivity index (χ3v) is 9.90. The molecular formula is C35H42Cl2N6O5. The number of aromatic amines is 1. The summed E-state index contributed by atoms with van der Waals surface area (Å²) in [5.74, 6) is -0.482. The van der Waals surface area contributed by atoms with Crippen molar-refractivity contribution < 1.29 is 23.6 Å². The molecule has 0 radical (unpaired) electrons. The number of carbonyl (C=O) groups is 3. The maximum absolute atomic E-state index is 14.6. The van der Waals surface area contributed by atoms with Gasteiger partial charge >= 0.3 is 6.09 Å². The van der Waals surface area contributed by atoms with E-state index in [4.69, 9.17) is 32.5 Å². The number of rotatable bonds is 12. The Hall–Kier alpha value is -4.09. The molecule has 256 valence electrons. The third-order valence-electron chi connectivity index (χ3n) is 9.39. The summed E-state index contributed by atoms with van der Waals surface area (Å²) in [6, 6.07) is 11.2. The molecule has 13 heteroatoms. The van der Waals surface area contributed by atoms with Crippen molar-refractivity contribution in [3.63, 3.8) is 0 Å². The number of amides is 3. The lowest BCUT2D eigenvalue weighted by Crippen LogP contribution is -2.65. The van der Waals surface area contributed by atoms with Crippen LogP contribution in [0, 0.1) is 18.8 Å². The van der Waals surface area contributed by atoms with Gasteiger partial charge in [0.25, 0.3) is 0 Å². The molecule has 0 saturated heterocycles. The van der Waals surface area contributed by atoms with Gasteiger partial charge in [0.2, 0.25) is 17.7 Å². The highest BCUT2D eigenvalue weighted by Gasteiger charge is 2.47. The van der Waals surface area contributed by atoms with Crippen molar-refractivity contribution in [1.29, 1.82) is 0 Å². The van der Waals surface area contributed by atoms with Gasteiger partial charge in [0.15, 0.2) is 5.82 Å². The molecule has 11 nitrogen and oxygen atoms in total. The highest BCUT2D eigenvalue weighted by atomic mass is 35.5. The molecule has 0 saturated carbocycles. The normalized spacial score (nSPS) is 18.3. The van der Waals surface area contributed by atoms with Gasteiger partial charge in [-0.05, 0) is 54.9 Å². The molecule has 48 heavy (non-hydrogen) atoms. The van der Waals surface area contributed by atoms with E-state index in [9.17, 15) is 14.4 Å². The lowest BCUT2D eigenvalue weighted by molar-refractivity contribution is -0.136. The van der Waals surface area contributed by atoms with Crippen molar-refractivity contribution in [2.75, 3.05) is 0 Å². The Morgan fingerprint density at radius 2 is 1.79 bits per heavy atom. The molecule has 2 heterocycles. The number of ether oxygens (including phenoxy) is 1. The first-order valence-corrected chi connectivity index (χ1v) is 17.1. The summed E-state index contributed by atoms with van der Waals surface area (Å²) in [6.45, 7) is 9.56. The predicted molar refractivity (Wildman–Crippen MR) is 184 cm³/mol. The Morgan fingerprint density at radius 1 is 1.06 bits per heavy atom. The van der Waals surface area contributed by atoms with Crippen molar-refractivity contribution >= 4 is 52.0 Å². The Kier molecular flexibility index (Phi) is 11.0. The molecule has 0 spiro atoms. The summed E-state index contributed by atoms with van der Waals surface area (Å²) >= 11 is 13.0. The van der Waals surface area contributed by atoms with Gasteiger partial charge in [-0.15, -0.1) is 0 Å². The van der Waals surface area contributed by atoms with E-state index >= 15 is 0 Å². The van der Waals surface area contributed by atoms with Gasteiger partial charge in [-0.25, -0.2) is 4.79 Å². The molecule has 4 N–H and O–H groups in total. The van der Waals surface area contributed by atoms with Crippen LogP contribution in [0.3, 0.4) is 0 Å². The van der Waals surface area contributed by atoms with Crippen LogP contribution in [0.15, 0.2) is 47.0 Å². The number of halogens is 2. The Labute approximate surface area is 289 Å². The van der Waals surface area contributed by atoms with Crippen molar-refractivity contribution in [2.24, 2.45) is 11.8 Å². The molecule has 2 aromatic heterocycles. The molecule has 1 aliphatic carbocycles. The summed E-state index contributed by atoms with van der Waals surface area (Å²) in [4.78, 5) is 49.6. The zero-order chi connectivity index (χ0) is 34.6. The minimum absolute atomic E-state index is 0.0501. The van der Waals surface area contributed by atoms with Crippen molar-refractivity contribution in [2.45, 2.75) is 91.0 Å². The number of alkyl carbamates (subject to hydrolysis) is 1. The molecule has 5 atom stereocenters. The Balaban J connectivity index is 1.47. The predicted octanol–water partition coefficient (Wildman–Crippen LogP) is 6.75. The second-order valence-electron chi connectivity index (χ2n) is 12.7. The molecule has 0 bridgehead atoms. The van der Waals surface area contributed by atoms with Gasteiger partial charge in [-0.3, -0.25) is 9.59 Å². The van der Waals surface area contributed by atoms with Crippen molar-refractivity contribution in [3.05, 3.63) is 81.0 Å². The molecule has 5 rings (SSSR count). The minimum atomic E-state index is -1.41. The van der Waals surface area contributed by atoms with E-state index in [1.807, 2.05) is 64.1 Å². The van der Waals surface area contributed by atoms with Crippen molar-refractivity contribution in [1.82, 2.24) is 31.1 Å². The number of fused-ring (bicyclic) bond motifs is 3. The van der Waals surface area contributed by atoms with Crippen LogP contribution < -0.4 is 16.0 Å². The monoisotopic (exact) mass is 696 g/mol. The lowest BCUT2D eigenvalue weighted by atomic mass is 9.78. The van der Waals surface area contributed by atoms with Crippen LogP contribution in [-0.2, 0) is 33.8 Å². The van der Waals surface area contributed by atoms with Crippen LogP contribution in [0.4, 0.5) is 4.79 Å². The van der Waals surface area contributed by atoms with Crippen LogP contribution in [0.1, 0.15) is 81.5 Å². The first-order valence-electron chi connectivity index (χ1n) is 16.3. The number of carbonyl (C=O) groups excluding carboxylic acids is 3. The SMILES string of the molecule is CCC(C)[C@H](NC(=O)OCc1ccccc1)C(=O)N[C@]1(C(=O)N[C@H](c2nc(C)no2)C(C)CC)CCc2[nH]c3c(Cl)cc(Cl)cc3c2C1. The van der Waals surface area contributed by atoms with E-state index in [-0.39, 0.29) is 31.3 Å². The van der Waals surface area contributed by atoms with E-state index in [1.165, 1.54) is 0 Å². The number of benzene rings is 2. The van der Waals surface area contributed by atoms with E-state index in [0.29, 0.717) is 40.1 Å². The summed E-state index contributed by atoms with van der Waals surface area (Å²) in [7, 11) is 0. The van der Waals surface area contributed by atoms with Gasteiger partial charge in [0.05, 0.1) is 10.5 Å². The van der Waals surface area contributed by atoms with E-state index in [2.05, 4.69) is 31.1 Å². The van der Waals surface area contributed by atoms with Crippen LogP contribution in [0.2, 0.25) is 10.0 Å². The van der Waals surface area contributed by atoms with Gasteiger partial charge in [-0.1, -0.05) is 99.2 Å². The maximum atomic E-state index is 14.6. The third kappa shape index (κ3) is 7.63. The maximum Gasteiger partial charge on any atom is 0.408 e. The number of nitrogens with one attached hydrogen (secondary N) is 4. The zero-order valence-corrected chi connectivity index (χ0v) is 29.3. The average molecular weight is 698 g/mol. The van der Waals surface area contributed by atoms with Crippen molar-refractivity contribution in [3.8, 4) is 0 Å². The summed E-state index contributed by atoms with van der Waals surface area (Å²) in [5.41, 5.74) is 1.87. The number of aryl methyl sites for hydroxylation is 2. The highest BCUT2D eigenvalue weighted by molar-refractivity contribution is 6.38. The molecular weight excluding hydrogens is 655 g/mol. The van der Waals surface area contributed by atoms with E-state index in [1.54, 1.807) is 13.0 Å². The molecule has 2 unspecified atom stereocenters. The fourth-order valence-corrected chi connectivity index (χ4v) is 6.68. The van der Waals surface area contributed by atoms with Crippen LogP contribution >= 0.6 is 23.2 Å². The first kappa shape index (κ1) is 35.2. The van der Waals surface area contributed by atoms with Gasteiger partial charge in [-0.2, -0.15) is 4.98 Å². The summed E-state index contributed by atoms with van der Waals surface area (Å²) in [6.07, 6.45) is 1.45. The van der Waals surface area contributed by atoms with Crippen LogP contribution in [0.25, 0.3) is 10.9 Å². The quantitative estimate of drug-likeness (QED) is 0.128. The fourth-order valence-electron chi connectivity index (χ4n) is 6.14. The fraction of sp³-hybridized carbons (Fsp3) is 0.457. The van der Waals surface area contributed by atoms with Crippen LogP contribution in [0.5, 0.6) is 0 Å². The van der Waals surface area contributed by atoms with Gasteiger partial charge in [0, 0.05) is 22.5 Å². The molecule has 2 aromatic carbocycles. The largest absolute Gasteiger partial charge is 0.445 e. The van der Waals surface area contributed by atoms with Gasteiger partial charge < -0.3 is 30.2 Å². The van der Waals surface area contributed by atoms with E-state index in [0.717, 1.165) is 28.6 Å². The van der Waals surface area contributed by atoms with Gasteiger partial charge in [0.1, 0.15) is 24.2 Å². The summed E-state index contributed by atoms with van der Waals surface area (Å²) < 4.78 is 11.0. The number of hydrogen-bond donors (Lipinski definition) is 4. The van der Waals surface area contributed by atoms with Crippen LogP contribution in [-0.4, -0.2) is 44.6 Å². The molecule has 1 aliphatic rings.